The van der Waals surface area contributed by atoms with Crippen LogP contribution in [0.5, 0.6) is 5.75 Å². The molecule has 1 amide bonds. The molecule has 0 aromatic heterocycles. The summed E-state index contributed by atoms with van der Waals surface area (Å²) in [6.45, 7) is 2.92. The van der Waals surface area contributed by atoms with Crippen LogP contribution in [0.15, 0.2) is 36.4 Å². The molecule has 5 nitrogen and oxygen atoms in total. The number of halogens is 2. The molecular formula is C18H17F2NO4. The molecule has 0 aliphatic heterocycles. The van der Waals surface area contributed by atoms with E-state index in [-0.39, 0.29) is 17.0 Å². The number of esters is 1. The number of hydrogen-bond acceptors (Lipinski definition) is 4. The normalized spacial score (nSPS) is 11.6. The van der Waals surface area contributed by atoms with Gasteiger partial charge in [-0.1, -0.05) is 6.07 Å². The van der Waals surface area contributed by atoms with Gasteiger partial charge in [0.15, 0.2) is 6.10 Å². The first-order valence-corrected chi connectivity index (χ1v) is 7.43. The third-order valence-corrected chi connectivity index (χ3v) is 3.49. The highest BCUT2D eigenvalue weighted by atomic mass is 19.1. The first kappa shape index (κ1) is 18.4. The van der Waals surface area contributed by atoms with E-state index in [2.05, 4.69) is 5.32 Å². The van der Waals surface area contributed by atoms with E-state index in [1.54, 1.807) is 6.92 Å². The van der Waals surface area contributed by atoms with E-state index in [0.29, 0.717) is 5.56 Å². The molecule has 0 saturated heterocycles. The second-order valence-electron chi connectivity index (χ2n) is 5.35. The van der Waals surface area contributed by atoms with E-state index in [4.69, 9.17) is 9.47 Å². The number of carbonyl (C=O) groups is 2. The monoisotopic (exact) mass is 349 g/mol. The van der Waals surface area contributed by atoms with Gasteiger partial charge in [-0.05, 0) is 43.7 Å². The van der Waals surface area contributed by atoms with Crippen LogP contribution in [0.4, 0.5) is 14.5 Å². The molecule has 0 radical (unpaired) electrons. The quantitative estimate of drug-likeness (QED) is 0.840. The van der Waals surface area contributed by atoms with Crippen molar-refractivity contribution < 1.29 is 27.8 Å². The van der Waals surface area contributed by atoms with Gasteiger partial charge in [0, 0.05) is 11.8 Å². The molecule has 0 saturated carbocycles. The molecule has 0 spiro atoms. The summed E-state index contributed by atoms with van der Waals surface area (Å²) in [4.78, 5) is 24.0. The van der Waals surface area contributed by atoms with Crippen LogP contribution in [-0.4, -0.2) is 25.1 Å². The van der Waals surface area contributed by atoms with E-state index in [1.807, 2.05) is 0 Å². The van der Waals surface area contributed by atoms with Crippen LogP contribution in [0, 0.1) is 18.6 Å². The molecule has 7 heteroatoms. The highest BCUT2D eigenvalue weighted by Gasteiger charge is 2.21. The number of methoxy groups -OCH3 is 1. The van der Waals surface area contributed by atoms with Gasteiger partial charge in [-0.2, -0.15) is 0 Å². The van der Waals surface area contributed by atoms with Crippen LogP contribution in [-0.2, 0) is 9.53 Å². The molecule has 2 rings (SSSR count). The number of ether oxygens (including phenoxy) is 2. The average molecular weight is 349 g/mol. The Morgan fingerprint density at radius 2 is 1.80 bits per heavy atom. The summed E-state index contributed by atoms with van der Waals surface area (Å²) in [5.41, 5.74) is 0.348. The van der Waals surface area contributed by atoms with Crippen LogP contribution in [0.3, 0.4) is 0 Å². The maximum absolute atomic E-state index is 13.8. The fourth-order valence-corrected chi connectivity index (χ4v) is 1.98. The topological polar surface area (TPSA) is 64.6 Å². The highest BCUT2D eigenvalue weighted by Crippen LogP contribution is 2.18. The Morgan fingerprint density at radius 3 is 2.40 bits per heavy atom. The Bertz CT molecular complexity index is 808. The Hall–Kier alpha value is -2.96. The molecule has 0 bridgehead atoms. The fourth-order valence-electron chi connectivity index (χ4n) is 1.98. The lowest BCUT2D eigenvalue weighted by atomic mass is 10.2. The maximum Gasteiger partial charge on any atom is 0.341 e. The average Bonchev–Trinajstić information content (AvgIpc) is 2.57. The third-order valence-electron chi connectivity index (χ3n) is 3.49. The number of hydrogen-bond donors (Lipinski definition) is 1. The van der Waals surface area contributed by atoms with E-state index >= 15 is 0 Å². The minimum atomic E-state index is -1.20. The standard InChI is InChI=1S/C18H17F2NO4/c1-10-4-5-12(8-15(10)19)21-17(22)11(2)25-18(23)14-7-6-13(24-3)9-16(14)20/h4-9,11H,1-3H3,(H,21,22)/t11-/m1/s1. The number of carbonyl (C=O) groups excluding carboxylic acids is 2. The van der Waals surface area contributed by atoms with Crippen LogP contribution in [0.2, 0.25) is 0 Å². The van der Waals surface area contributed by atoms with Gasteiger partial charge in [0.1, 0.15) is 17.4 Å². The molecule has 132 valence electrons. The van der Waals surface area contributed by atoms with Crippen LogP contribution in [0.1, 0.15) is 22.8 Å². The molecule has 1 N–H and O–H groups in total. The van der Waals surface area contributed by atoms with Crippen molar-refractivity contribution in [3.8, 4) is 5.75 Å². The second-order valence-corrected chi connectivity index (χ2v) is 5.35. The minimum absolute atomic E-state index is 0.228. The number of amides is 1. The molecular weight excluding hydrogens is 332 g/mol. The fraction of sp³-hybridized carbons (Fsp3) is 0.222. The molecule has 25 heavy (non-hydrogen) atoms. The van der Waals surface area contributed by atoms with E-state index in [0.717, 1.165) is 12.1 Å². The van der Waals surface area contributed by atoms with Gasteiger partial charge in [0.25, 0.3) is 5.91 Å². The minimum Gasteiger partial charge on any atom is -0.497 e. The molecule has 0 aliphatic carbocycles. The Morgan fingerprint density at radius 1 is 1.08 bits per heavy atom. The maximum atomic E-state index is 13.8. The lowest BCUT2D eigenvalue weighted by molar-refractivity contribution is -0.123. The summed E-state index contributed by atoms with van der Waals surface area (Å²) >= 11 is 0. The number of nitrogens with one attached hydrogen (secondary N) is 1. The van der Waals surface area contributed by atoms with Crippen molar-refractivity contribution in [1.82, 2.24) is 0 Å². The summed E-state index contributed by atoms with van der Waals surface area (Å²) in [5.74, 6) is -2.69. The summed E-state index contributed by atoms with van der Waals surface area (Å²) in [6.07, 6.45) is -1.20. The number of benzene rings is 2. The lowest BCUT2D eigenvalue weighted by Crippen LogP contribution is -2.30. The first-order valence-electron chi connectivity index (χ1n) is 7.43. The van der Waals surface area contributed by atoms with Crippen LogP contribution < -0.4 is 10.1 Å². The number of anilines is 1. The van der Waals surface area contributed by atoms with E-state index in [1.165, 1.54) is 38.3 Å². The first-order chi connectivity index (χ1) is 11.8. The van der Waals surface area contributed by atoms with E-state index in [9.17, 15) is 18.4 Å². The van der Waals surface area contributed by atoms with Crippen molar-refractivity contribution in [2.24, 2.45) is 0 Å². The second kappa shape index (κ2) is 7.74. The summed E-state index contributed by atoms with van der Waals surface area (Å²) in [5, 5.41) is 2.43. The molecule has 0 fully saturated rings. The SMILES string of the molecule is COc1ccc(C(=O)O[C@H](C)C(=O)Nc2ccc(C)c(F)c2)c(F)c1. The Balaban J connectivity index is 2.02. The van der Waals surface area contributed by atoms with Crippen molar-refractivity contribution in [3.05, 3.63) is 59.2 Å². The Kier molecular flexibility index (Phi) is 5.69. The lowest BCUT2D eigenvalue weighted by Gasteiger charge is -2.14. The zero-order valence-electron chi connectivity index (χ0n) is 13.9. The van der Waals surface area contributed by atoms with Gasteiger partial charge in [-0.15, -0.1) is 0 Å². The Labute approximate surface area is 143 Å². The van der Waals surface area contributed by atoms with Gasteiger partial charge in [-0.3, -0.25) is 4.79 Å². The summed E-state index contributed by atoms with van der Waals surface area (Å²) < 4.78 is 37.1. The third kappa shape index (κ3) is 4.53. The smallest absolute Gasteiger partial charge is 0.341 e. The molecule has 2 aromatic rings. The van der Waals surface area contributed by atoms with Gasteiger partial charge in [-0.25, -0.2) is 13.6 Å². The molecule has 0 aliphatic rings. The van der Waals surface area contributed by atoms with Crippen molar-refractivity contribution in [2.45, 2.75) is 20.0 Å². The highest BCUT2D eigenvalue weighted by molar-refractivity contribution is 5.97. The molecule has 1 atom stereocenters. The van der Waals surface area contributed by atoms with Crippen molar-refractivity contribution in [1.29, 1.82) is 0 Å². The predicted molar refractivity (Wildman–Crippen MR) is 87.6 cm³/mol. The number of aryl methyl sites for hydroxylation is 1. The zero-order chi connectivity index (χ0) is 18.6. The van der Waals surface area contributed by atoms with Crippen LogP contribution in [0.25, 0.3) is 0 Å². The number of rotatable bonds is 5. The van der Waals surface area contributed by atoms with Crippen LogP contribution >= 0.6 is 0 Å². The van der Waals surface area contributed by atoms with Crippen molar-refractivity contribution in [3.63, 3.8) is 0 Å². The van der Waals surface area contributed by atoms with Crippen molar-refractivity contribution in [2.75, 3.05) is 12.4 Å². The van der Waals surface area contributed by atoms with Crippen molar-refractivity contribution >= 4 is 17.6 Å². The molecule has 0 unspecified atom stereocenters. The predicted octanol–water partition coefficient (Wildman–Crippen LogP) is 3.47. The van der Waals surface area contributed by atoms with Gasteiger partial charge >= 0.3 is 5.97 Å². The molecule has 0 heterocycles. The zero-order valence-corrected chi connectivity index (χ0v) is 13.9. The van der Waals surface area contributed by atoms with Gasteiger partial charge < -0.3 is 14.8 Å². The molecule has 2 aromatic carbocycles. The summed E-state index contributed by atoms with van der Waals surface area (Å²) in [7, 11) is 1.37. The largest absolute Gasteiger partial charge is 0.497 e. The van der Waals surface area contributed by atoms with E-state index < -0.39 is 29.6 Å². The van der Waals surface area contributed by atoms with Gasteiger partial charge in [0.05, 0.1) is 12.7 Å². The van der Waals surface area contributed by atoms with Gasteiger partial charge in [0.2, 0.25) is 0 Å². The summed E-state index contributed by atoms with van der Waals surface area (Å²) in [6, 6.07) is 7.83.